The molecule has 3 N–H and O–H groups in total. The van der Waals surface area contributed by atoms with Gasteiger partial charge in [-0.05, 0) is 30.5 Å². The second-order valence-electron chi connectivity index (χ2n) is 6.02. The van der Waals surface area contributed by atoms with Crippen molar-refractivity contribution in [1.82, 2.24) is 24.5 Å². The van der Waals surface area contributed by atoms with Crippen LogP contribution >= 0.6 is 23.1 Å². The van der Waals surface area contributed by atoms with Crippen LogP contribution in [-0.2, 0) is 7.05 Å². The molecule has 1 atom stereocenters. The molecular formula is C18H17N7OS2. The third-order valence-corrected chi connectivity index (χ3v) is 5.96. The molecule has 4 rings (SSSR count). The Morgan fingerprint density at radius 2 is 1.93 bits per heavy atom. The maximum absolute atomic E-state index is 12.5. The van der Waals surface area contributed by atoms with E-state index in [0.29, 0.717) is 22.3 Å². The number of hydrogen-bond acceptors (Lipinski definition) is 9. The van der Waals surface area contributed by atoms with Crippen LogP contribution in [0.3, 0.4) is 0 Å². The van der Waals surface area contributed by atoms with Gasteiger partial charge < -0.3 is 11.1 Å². The summed E-state index contributed by atoms with van der Waals surface area (Å²) in [5, 5.41) is 6.04. The number of nitrogens with zero attached hydrogens (tertiary/aromatic N) is 5. The zero-order chi connectivity index (χ0) is 19.7. The largest absolute Gasteiger partial charge is 0.368 e. The van der Waals surface area contributed by atoms with E-state index in [1.165, 1.54) is 23.1 Å². The van der Waals surface area contributed by atoms with Gasteiger partial charge in [-0.15, -0.1) is 11.3 Å². The number of rotatable bonds is 5. The summed E-state index contributed by atoms with van der Waals surface area (Å²) in [6.07, 6.45) is 0. The summed E-state index contributed by atoms with van der Waals surface area (Å²) in [5.74, 6) is 1.01. The molecule has 8 nitrogen and oxygen atoms in total. The predicted octanol–water partition coefficient (Wildman–Crippen LogP) is 3.36. The summed E-state index contributed by atoms with van der Waals surface area (Å²) < 4.78 is 1.55. The van der Waals surface area contributed by atoms with Crippen LogP contribution in [0.2, 0.25) is 0 Å². The summed E-state index contributed by atoms with van der Waals surface area (Å²) in [6, 6.07) is 11.4. The maximum Gasteiger partial charge on any atom is 0.262 e. The minimum Gasteiger partial charge on any atom is -0.368 e. The fourth-order valence-electron chi connectivity index (χ4n) is 2.59. The van der Waals surface area contributed by atoms with Crippen molar-refractivity contribution in [2.75, 3.05) is 11.1 Å². The number of benzene rings is 1. The molecule has 3 aromatic heterocycles. The van der Waals surface area contributed by atoms with Gasteiger partial charge in [0, 0.05) is 12.7 Å². The van der Waals surface area contributed by atoms with E-state index in [4.69, 9.17) is 5.73 Å². The van der Waals surface area contributed by atoms with Gasteiger partial charge in [-0.3, -0.25) is 9.36 Å². The zero-order valence-electron chi connectivity index (χ0n) is 15.2. The minimum atomic E-state index is -0.183. The summed E-state index contributed by atoms with van der Waals surface area (Å²) in [7, 11) is 1.71. The van der Waals surface area contributed by atoms with Gasteiger partial charge in [-0.2, -0.15) is 15.0 Å². The molecule has 0 aliphatic rings. The van der Waals surface area contributed by atoms with Crippen LogP contribution in [0.25, 0.3) is 10.2 Å². The number of nitrogen functional groups attached to an aromatic ring is 1. The second-order valence-corrected chi connectivity index (χ2v) is 8.23. The smallest absolute Gasteiger partial charge is 0.262 e. The van der Waals surface area contributed by atoms with E-state index < -0.39 is 0 Å². The minimum absolute atomic E-state index is 0.0671. The lowest BCUT2D eigenvalue weighted by Crippen LogP contribution is -2.19. The van der Waals surface area contributed by atoms with E-state index in [9.17, 15) is 4.79 Å². The second kappa shape index (κ2) is 7.56. The average Bonchev–Trinajstić information content (AvgIpc) is 3.15. The van der Waals surface area contributed by atoms with Crippen molar-refractivity contribution < 1.29 is 0 Å². The number of thiophene rings is 1. The van der Waals surface area contributed by atoms with Crippen molar-refractivity contribution >= 4 is 50.9 Å². The van der Waals surface area contributed by atoms with Gasteiger partial charge in [0.1, 0.15) is 10.7 Å². The molecule has 0 bridgehead atoms. The lowest BCUT2D eigenvalue weighted by molar-refractivity contribution is 0.723. The molecule has 28 heavy (non-hydrogen) atoms. The van der Waals surface area contributed by atoms with Crippen LogP contribution < -0.4 is 16.6 Å². The van der Waals surface area contributed by atoms with Crippen molar-refractivity contribution in [1.29, 1.82) is 0 Å². The normalized spacial score (nSPS) is 12.2. The molecule has 142 valence electrons. The molecular weight excluding hydrogens is 394 g/mol. The molecule has 0 saturated carbocycles. The molecule has 0 radical (unpaired) electrons. The van der Waals surface area contributed by atoms with Gasteiger partial charge in [0.05, 0.1) is 10.6 Å². The number of nitrogens with one attached hydrogen (secondary N) is 1. The first kappa shape index (κ1) is 18.4. The molecule has 10 heteroatoms. The fraction of sp³-hybridized carbons (Fsp3) is 0.167. The Morgan fingerprint density at radius 3 is 2.71 bits per heavy atom. The van der Waals surface area contributed by atoms with Crippen LogP contribution in [-0.4, -0.2) is 24.5 Å². The molecule has 0 aliphatic carbocycles. The molecule has 0 amide bonds. The third kappa shape index (κ3) is 3.69. The summed E-state index contributed by atoms with van der Waals surface area (Å²) in [6.45, 7) is 1.94. The van der Waals surface area contributed by atoms with E-state index >= 15 is 0 Å². The Balaban J connectivity index is 1.62. The lowest BCUT2D eigenvalue weighted by Gasteiger charge is -2.13. The van der Waals surface area contributed by atoms with E-state index in [-0.39, 0.29) is 16.8 Å². The van der Waals surface area contributed by atoms with E-state index in [0.717, 1.165) is 10.5 Å². The standard InChI is InChI=1S/C18H17N7OS2/c1-10(28-18-23-14-12(8-9-27-14)15(26)25(18)2)13-21-16(19)24-17(22-13)20-11-6-4-3-5-7-11/h3-10H,1-2H3,(H3,19,20,21,22,24). The summed E-state index contributed by atoms with van der Waals surface area (Å²) in [5.41, 5.74) is 6.66. The van der Waals surface area contributed by atoms with Crippen LogP contribution in [0.5, 0.6) is 0 Å². The third-order valence-electron chi connectivity index (χ3n) is 4.01. The Kier molecular flexibility index (Phi) is 4.97. The number of hydrogen-bond donors (Lipinski definition) is 2. The topological polar surface area (TPSA) is 112 Å². The summed E-state index contributed by atoms with van der Waals surface area (Å²) in [4.78, 5) is 30.7. The van der Waals surface area contributed by atoms with Gasteiger partial charge in [0.2, 0.25) is 11.9 Å². The molecule has 0 spiro atoms. The SMILES string of the molecule is CC(Sc1nc2sccc2c(=O)n1C)c1nc(N)nc(Nc2ccccc2)n1. The number of thioether (sulfide) groups is 1. The first-order chi connectivity index (χ1) is 13.5. The summed E-state index contributed by atoms with van der Waals surface area (Å²) >= 11 is 2.85. The molecule has 1 unspecified atom stereocenters. The predicted molar refractivity (Wildman–Crippen MR) is 113 cm³/mol. The van der Waals surface area contributed by atoms with E-state index in [1.54, 1.807) is 17.7 Å². The number of para-hydroxylation sites is 1. The van der Waals surface area contributed by atoms with E-state index in [1.807, 2.05) is 42.6 Å². The Morgan fingerprint density at radius 1 is 1.14 bits per heavy atom. The molecule has 0 saturated heterocycles. The van der Waals surface area contributed by atoms with Crippen LogP contribution in [0.1, 0.15) is 18.0 Å². The monoisotopic (exact) mass is 411 g/mol. The first-order valence-electron chi connectivity index (χ1n) is 8.45. The zero-order valence-corrected chi connectivity index (χ0v) is 16.8. The van der Waals surface area contributed by atoms with Gasteiger partial charge in [0.15, 0.2) is 5.16 Å². The highest BCUT2D eigenvalue weighted by atomic mass is 32.2. The molecule has 0 aliphatic heterocycles. The number of anilines is 3. The van der Waals surface area contributed by atoms with Gasteiger partial charge >= 0.3 is 0 Å². The highest BCUT2D eigenvalue weighted by molar-refractivity contribution is 7.99. The fourth-order valence-corrected chi connectivity index (χ4v) is 4.32. The maximum atomic E-state index is 12.5. The van der Waals surface area contributed by atoms with Gasteiger partial charge in [-0.25, -0.2) is 4.98 Å². The number of nitrogens with two attached hydrogens (primary N) is 1. The highest BCUT2D eigenvalue weighted by Crippen LogP contribution is 2.33. The van der Waals surface area contributed by atoms with Crippen LogP contribution in [0, 0.1) is 0 Å². The van der Waals surface area contributed by atoms with Crippen LogP contribution in [0.4, 0.5) is 17.6 Å². The Labute approximate surface area is 168 Å². The Bertz CT molecular complexity index is 1190. The van der Waals surface area contributed by atoms with Gasteiger partial charge in [0.25, 0.3) is 5.56 Å². The van der Waals surface area contributed by atoms with Crippen molar-refractivity contribution in [3.8, 4) is 0 Å². The van der Waals surface area contributed by atoms with Crippen molar-refractivity contribution in [3.05, 3.63) is 58.0 Å². The quantitative estimate of drug-likeness (QED) is 0.380. The van der Waals surface area contributed by atoms with Crippen molar-refractivity contribution in [3.63, 3.8) is 0 Å². The van der Waals surface area contributed by atoms with Gasteiger partial charge in [-0.1, -0.05) is 30.0 Å². The molecule has 1 aromatic carbocycles. The molecule has 4 aromatic rings. The van der Waals surface area contributed by atoms with E-state index in [2.05, 4.69) is 25.3 Å². The first-order valence-corrected chi connectivity index (χ1v) is 10.2. The number of aromatic nitrogens is 5. The average molecular weight is 412 g/mol. The molecule has 3 heterocycles. The number of fused-ring (bicyclic) bond motifs is 1. The lowest BCUT2D eigenvalue weighted by atomic mass is 10.3. The van der Waals surface area contributed by atoms with Crippen molar-refractivity contribution in [2.45, 2.75) is 17.3 Å². The van der Waals surface area contributed by atoms with Crippen molar-refractivity contribution in [2.24, 2.45) is 7.05 Å². The highest BCUT2D eigenvalue weighted by Gasteiger charge is 2.18. The van der Waals surface area contributed by atoms with Crippen LogP contribution in [0.15, 0.2) is 51.7 Å². The molecule has 0 fully saturated rings. The Hall–Kier alpha value is -2.98.